The number of aromatic hydroxyl groups is 1. The van der Waals surface area contributed by atoms with Crippen LogP contribution in [0.1, 0.15) is 54.4 Å². The van der Waals surface area contributed by atoms with E-state index in [0.717, 1.165) is 29.6 Å². The van der Waals surface area contributed by atoms with E-state index in [-0.39, 0.29) is 5.88 Å². The van der Waals surface area contributed by atoms with Crippen LogP contribution < -0.4 is 5.73 Å². The predicted molar refractivity (Wildman–Crippen MR) is 154 cm³/mol. The molecule has 0 atom stereocenters. The van der Waals surface area contributed by atoms with Gasteiger partial charge in [-0.05, 0) is 61.8 Å². The fraction of sp³-hybridized carbons (Fsp3) is 0.312. The van der Waals surface area contributed by atoms with Gasteiger partial charge >= 0.3 is 6.03 Å². The van der Waals surface area contributed by atoms with Crippen molar-refractivity contribution >= 4 is 28.3 Å². The molecule has 0 aliphatic heterocycles. The highest BCUT2D eigenvalue weighted by Crippen LogP contribution is 2.36. The summed E-state index contributed by atoms with van der Waals surface area (Å²) >= 11 is 0. The third-order valence-corrected chi connectivity index (χ3v) is 7.44. The van der Waals surface area contributed by atoms with Gasteiger partial charge in [0.05, 0.1) is 22.5 Å². The van der Waals surface area contributed by atoms with E-state index in [1.807, 2.05) is 62.6 Å². The molecule has 196 valence electrons. The highest BCUT2D eigenvalue weighted by molar-refractivity contribution is 6.23. The van der Waals surface area contributed by atoms with Crippen LogP contribution in [0.15, 0.2) is 77.8 Å². The van der Waals surface area contributed by atoms with Crippen molar-refractivity contribution < 1.29 is 9.90 Å². The topological polar surface area (TPSA) is 83.8 Å². The Balaban J connectivity index is 1.66. The largest absolute Gasteiger partial charge is 0.494 e. The van der Waals surface area contributed by atoms with Crippen LogP contribution in [0, 0.1) is 5.92 Å². The quantitative estimate of drug-likeness (QED) is 0.275. The maximum atomic E-state index is 12.5. The molecule has 1 heterocycles. The van der Waals surface area contributed by atoms with Crippen molar-refractivity contribution in [2.45, 2.75) is 45.1 Å². The second kappa shape index (κ2) is 11.2. The number of nitrogens with two attached hydrogens (primary N) is 1. The molecule has 1 aliphatic rings. The Kier molecular flexibility index (Phi) is 7.61. The first kappa shape index (κ1) is 25.7. The number of amides is 1. The van der Waals surface area contributed by atoms with Gasteiger partial charge in [-0.15, -0.1) is 0 Å². The number of carbonyl (C=O) groups excluding carboxylic acids is 1. The zero-order chi connectivity index (χ0) is 26.6. The average molecular weight is 509 g/mol. The summed E-state index contributed by atoms with van der Waals surface area (Å²) in [6.07, 6.45) is 7.38. The van der Waals surface area contributed by atoms with Crippen LogP contribution in [-0.4, -0.2) is 40.4 Å². The molecule has 1 aromatic heterocycles. The highest BCUT2D eigenvalue weighted by atomic mass is 16.3. The number of aromatic nitrogens is 1. The molecular formula is C32H36N4O2. The number of primary amides is 1. The Morgan fingerprint density at radius 3 is 2.32 bits per heavy atom. The Morgan fingerprint density at radius 2 is 1.66 bits per heavy atom. The summed E-state index contributed by atoms with van der Waals surface area (Å²) in [6, 6.07) is 23.2. The molecule has 5 rings (SSSR count). The third kappa shape index (κ3) is 5.50. The smallest absolute Gasteiger partial charge is 0.326 e. The van der Waals surface area contributed by atoms with Crippen molar-refractivity contribution in [1.82, 2.24) is 9.47 Å². The molecule has 4 aromatic rings. The van der Waals surface area contributed by atoms with Gasteiger partial charge in [-0.3, -0.25) is 0 Å². The van der Waals surface area contributed by atoms with E-state index < -0.39 is 6.03 Å². The summed E-state index contributed by atoms with van der Waals surface area (Å²) in [5.41, 5.74) is 11.5. The van der Waals surface area contributed by atoms with E-state index in [2.05, 4.69) is 29.2 Å². The summed E-state index contributed by atoms with van der Waals surface area (Å²) in [4.78, 5) is 19.6. The predicted octanol–water partition coefficient (Wildman–Crippen LogP) is 6.63. The molecule has 3 aromatic carbocycles. The molecule has 38 heavy (non-hydrogen) atoms. The fourth-order valence-corrected chi connectivity index (χ4v) is 5.66. The zero-order valence-electron chi connectivity index (χ0n) is 22.2. The molecule has 0 saturated heterocycles. The van der Waals surface area contributed by atoms with Gasteiger partial charge in [0.2, 0.25) is 5.88 Å². The Bertz CT molecular complexity index is 1450. The molecule has 0 spiro atoms. The lowest BCUT2D eigenvalue weighted by atomic mass is 9.84. The summed E-state index contributed by atoms with van der Waals surface area (Å²) in [6.45, 7) is 0.839. The second-order valence-electron chi connectivity index (χ2n) is 10.7. The summed E-state index contributed by atoms with van der Waals surface area (Å²) in [5, 5.41) is 12.2. The number of fused-ring (bicyclic) bond motifs is 1. The first-order valence-corrected chi connectivity index (χ1v) is 13.4. The molecular weight excluding hydrogens is 472 g/mol. The summed E-state index contributed by atoms with van der Waals surface area (Å²) < 4.78 is 1.19. The van der Waals surface area contributed by atoms with Crippen LogP contribution in [0.5, 0.6) is 5.88 Å². The number of aliphatic imine (C=N–C) groups is 1. The van der Waals surface area contributed by atoms with E-state index in [4.69, 9.17) is 10.7 Å². The molecule has 3 N–H and O–H groups in total. The molecule has 1 saturated carbocycles. The Hall–Kier alpha value is -3.90. The molecule has 0 bridgehead atoms. The first-order chi connectivity index (χ1) is 18.4. The Morgan fingerprint density at radius 1 is 0.974 bits per heavy atom. The average Bonchev–Trinajstić information content (AvgIpc) is 3.20. The van der Waals surface area contributed by atoms with Gasteiger partial charge in [0.15, 0.2) is 0 Å². The monoisotopic (exact) mass is 508 g/mol. The van der Waals surface area contributed by atoms with Gasteiger partial charge in [0.25, 0.3) is 0 Å². The summed E-state index contributed by atoms with van der Waals surface area (Å²) in [7, 11) is 4.08. The van der Waals surface area contributed by atoms with Crippen LogP contribution in [0.3, 0.4) is 0 Å². The van der Waals surface area contributed by atoms with Crippen LogP contribution in [0.25, 0.3) is 10.9 Å². The van der Waals surface area contributed by atoms with E-state index in [9.17, 15) is 9.90 Å². The Labute approximate surface area is 224 Å². The number of carbonyl (C=O) groups is 1. The van der Waals surface area contributed by atoms with Crippen molar-refractivity contribution in [2.24, 2.45) is 16.6 Å². The van der Waals surface area contributed by atoms with E-state index >= 15 is 0 Å². The summed E-state index contributed by atoms with van der Waals surface area (Å²) in [5.74, 6) is 0.480. The van der Waals surface area contributed by atoms with Gasteiger partial charge in [-0.25, -0.2) is 14.4 Å². The standard InChI is InChI=1S/C32H36N4O2/c1-35(2)21-23-13-16-26(17-14-23)34-30(25-11-7-4-8-12-25)29-27-20-24(19-22-9-5-3-6-10-22)15-18-28(27)36(31(29)37)32(33)38/h4,7-8,11-18,20,22,37H,3,5-6,9-10,19,21H2,1-2H3,(H2,33,38). The van der Waals surface area contributed by atoms with Crippen LogP contribution in [0.2, 0.25) is 0 Å². The van der Waals surface area contributed by atoms with Crippen molar-refractivity contribution in [3.05, 3.63) is 95.1 Å². The van der Waals surface area contributed by atoms with Crippen LogP contribution >= 0.6 is 0 Å². The van der Waals surface area contributed by atoms with Gasteiger partial charge in [0.1, 0.15) is 0 Å². The van der Waals surface area contributed by atoms with E-state index in [1.165, 1.54) is 47.8 Å². The maximum absolute atomic E-state index is 12.5. The molecule has 1 aliphatic carbocycles. The SMILES string of the molecule is CN(C)Cc1ccc(N=C(c2ccccc2)c2c(O)n(C(N)=O)c3ccc(CC4CCCCC4)cc23)cc1. The maximum Gasteiger partial charge on any atom is 0.326 e. The fourth-order valence-electron chi connectivity index (χ4n) is 5.66. The molecule has 6 heteroatoms. The number of rotatable bonds is 7. The number of benzene rings is 3. The molecule has 0 radical (unpaired) electrons. The lowest BCUT2D eigenvalue weighted by Crippen LogP contribution is -2.19. The molecule has 0 unspecified atom stereocenters. The van der Waals surface area contributed by atoms with Crippen LogP contribution in [0.4, 0.5) is 10.5 Å². The third-order valence-electron chi connectivity index (χ3n) is 7.44. The number of hydrogen-bond donors (Lipinski definition) is 2. The van der Waals surface area contributed by atoms with Crippen molar-refractivity contribution in [3.63, 3.8) is 0 Å². The number of nitrogens with zero attached hydrogens (tertiary/aromatic N) is 3. The van der Waals surface area contributed by atoms with E-state index in [1.54, 1.807) is 0 Å². The molecule has 1 fully saturated rings. The normalized spacial score (nSPS) is 14.9. The van der Waals surface area contributed by atoms with Gasteiger partial charge in [-0.2, -0.15) is 0 Å². The minimum absolute atomic E-state index is 0.186. The second-order valence-corrected chi connectivity index (χ2v) is 10.7. The molecule has 1 amide bonds. The van der Waals surface area contributed by atoms with Gasteiger partial charge in [0, 0.05) is 17.5 Å². The van der Waals surface area contributed by atoms with Crippen molar-refractivity contribution in [1.29, 1.82) is 0 Å². The van der Waals surface area contributed by atoms with Crippen LogP contribution in [-0.2, 0) is 13.0 Å². The number of hydrogen-bond acceptors (Lipinski definition) is 4. The lowest BCUT2D eigenvalue weighted by molar-refractivity contribution is 0.248. The van der Waals surface area contributed by atoms with E-state index in [0.29, 0.717) is 22.7 Å². The lowest BCUT2D eigenvalue weighted by Gasteiger charge is -2.21. The van der Waals surface area contributed by atoms with Crippen molar-refractivity contribution in [3.8, 4) is 5.88 Å². The molecule has 6 nitrogen and oxygen atoms in total. The zero-order valence-corrected chi connectivity index (χ0v) is 22.2. The van der Waals surface area contributed by atoms with Gasteiger partial charge in [-0.1, -0.05) is 80.6 Å². The highest BCUT2D eigenvalue weighted by Gasteiger charge is 2.25. The van der Waals surface area contributed by atoms with Crippen molar-refractivity contribution in [2.75, 3.05) is 14.1 Å². The first-order valence-electron chi connectivity index (χ1n) is 13.4. The van der Waals surface area contributed by atoms with Gasteiger partial charge < -0.3 is 15.7 Å². The minimum Gasteiger partial charge on any atom is -0.494 e. The minimum atomic E-state index is -0.723.